The summed E-state index contributed by atoms with van der Waals surface area (Å²) in [6, 6.07) is 3.88. The van der Waals surface area contributed by atoms with Gasteiger partial charge < -0.3 is 10.1 Å². The first-order valence-electron chi connectivity index (χ1n) is 5.30. The number of benzene rings is 1. The van der Waals surface area contributed by atoms with Crippen LogP contribution in [-0.4, -0.2) is 29.0 Å². The number of rotatable bonds is 3. The highest BCUT2D eigenvalue weighted by molar-refractivity contribution is 7.80. The van der Waals surface area contributed by atoms with Gasteiger partial charge >= 0.3 is 6.09 Å². The largest absolute Gasteiger partial charge is 0.453 e. The summed E-state index contributed by atoms with van der Waals surface area (Å²) in [4.78, 5) is 32.4. The lowest BCUT2D eigenvalue weighted by atomic mass is 10.1. The van der Waals surface area contributed by atoms with Crippen LogP contribution in [0.1, 0.15) is 17.3 Å². The number of amides is 1. The summed E-state index contributed by atoms with van der Waals surface area (Å²) in [6.45, 7) is 1.30. The third-order valence-corrected chi connectivity index (χ3v) is 2.45. The van der Waals surface area contributed by atoms with Crippen molar-refractivity contribution < 1.29 is 19.2 Å². The SMILES string of the molecule is COC(=O)NC(=S)Nc1ccc(C(C)=O)cc1[N+](=O)[O-]. The molecule has 0 fully saturated rings. The van der Waals surface area contributed by atoms with Crippen molar-refractivity contribution >= 4 is 40.6 Å². The maximum atomic E-state index is 11.2. The van der Waals surface area contributed by atoms with Crippen LogP contribution in [0.5, 0.6) is 0 Å². The number of anilines is 1. The molecule has 1 amide bonds. The van der Waals surface area contributed by atoms with E-state index < -0.39 is 11.0 Å². The van der Waals surface area contributed by atoms with Gasteiger partial charge in [-0.25, -0.2) is 4.79 Å². The molecule has 0 unspecified atom stereocenters. The minimum atomic E-state index is -0.800. The van der Waals surface area contributed by atoms with Crippen LogP contribution >= 0.6 is 12.2 Å². The molecule has 0 radical (unpaired) electrons. The van der Waals surface area contributed by atoms with Crippen molar-refractivity contribution in [2.75, 3.05) is 12.4 Å². The second-order valence-electron chi connectivity index (χ2n) is 3.62. The number of hydrogen-bond donors (Lipinski definition) is 2. The van der Waals surface area contributed by atoms with E-state index in [9.17, 15) is 19.7 Å². The Kier molecular flexibility index (Phi) is 5.09. The maximum absolute atomic E-state index is 11.2. The Bertz CT molecular complexity index is 587. The molecule has 1 aromatic carbocycles. The van der Waals surface area contributed by atoms with Crippen molar-refractivity contribution in [2.24, 2.45) is 0 Å². The lowest BCUT2D eigenvalue weighted by molar-refractivity contribution is -0.383. The number of nitrogens with one attached hydrogen (secondary N) is 2. The van der Waals surface area contributed by atoms with E-state index in [1.54, 1.807) is 0 Å². The first kappa shape index (κ1) is 15.5. The number of nitro groups is 1. The van der Waals surface area contributed by atoms with Gasteiger partial charge in [0.15, 0.2) is 10.9 Å². The number of ether oxygens (including phenoxy) is 1. The van der Waals surface area contributed by atoms with Crippen LogP contribution in [0.3, 0.4) is 0 Å². The minimum Gasteiger partial charge on any atom is -0.453 e. The zero-order valence-corrected chi connectivity index (χ0v) is 11.4. The van der Waals surface area contributed by atoms with Gasteiger partial charge in [-0.05, 0) is 31.3 Å². The van der Waals surface area contributed by atoms with Crippen molar-refractivity contribution in [3.8, 4) is 0 Å². The zero-order chi connectivity index (χ0) is 15.3. The summed E-state index contributed by atoms with van der Waals surface area (Å²) >= 11 is 4.80. The number of thiocarbonyl (C=S) groups is 1. The topological polar surface area (TPSA) is 111 Å². The fraction of sp³-hybridized carbons (Fsp3) is 0.182. The molecule has 20 heavy (non-hydrogen) atoms. The molecule has 2 N–H and O–H groups in total. The van der Waals surface area contributed by atoms with Crippen LogP contribution in [0.25, 0.3) is 0 Å². The Balaban J connectivity index is 3.00. The van der Waals surface area contributed by atoms with Crippen LogP contribution in [-0.2, 0) is 4.74 Å². The molecule has 106 valence electrons. The quantitative estimate of drug-likeness (QED) is 0.379. The molecule has 1 aromatic rings. The Labute approximate surface area is 119 Å². The van der Waals surface area contributed by atoms with Gasteiger partial charge in [0.25, 0.3) is 5.69 Å². The van der Waals surface area contributed by atoms with E-state index in [0.717, 1.165) is 13.2 Å². The minimum absolute atomic E-state index is 0.0569. The summed E-state index contributed by atoms with van der Waals surface area (Å²) in [5.41, 5.74) is -0.0674. The predicted molar refractivity (Wildman–Crippen MR) is 74.9 cm³/mol. The molecule has 9 heteroatoms. The third-order valence-electron chi connectivity index (χ3n) is 2.25. The average Bonchev–Trinajstić information content (AvgIpc) is 2.38. The van der Waals surface area contributed by atoms with Gasteiger partial charge in [0, 0.05) is 11.6 Å². The predicted octanol–water partition coefficient (Wildman–Crippen LogP) is 1.85. The molecule has 0 aliphatic heterocycles. The lowest BCUT2D eigenvalue weighted by Crippen LogP contribution is -2.34. The second-order valence-corrected chi connectivity index (χ2v) is 4.02. The van der Waals surface area contributed by atoms with Gasteiger partial charge in [-0.3, -0.25) is 20.2 Å². The summed E-state index contributed by atoms with van der Waals surface area (Å²) in [6.07, 6.45) is -0.800. The number of ketones is 1. The molecule has 0 heterocycles. The van der Waals surface area contributed by atoms with Crippen LogP contribution in [0, 0.1) is 10.1 Å². The standard InChI is InChI=1S/C11H11N3O5S/c1-6(15)7-3-4-8(9(5-7)14(17)18)12-10(20)13-11(16)19-2/h3-5H,1-2H3,(H2,12,13,16,20). The molecular weight excluding hydrogens is 286 g/mol. The number of Topliss-reactive ketones (excluding diaryl/α,β-unsaturated/α-hetero) is 1. The molecule has 0 aliphatic rings. The van der Waals surface area contributed by atoms with E-state index in [4.69, 9.17) is 12.2 Å². The van der Waals surface area contributed by atoms with Gasteiger partial charge in [-0.2, -0.15) is 0 Å². The van der Waals surface area contributed by atoms with Crippen molar-refractivity contribution in [3.63, 3.8) is 0 Å². The second kappa shape index (κ2) is 6.57. The highest BCUT2D eigenvalue weighted by Crippen LogP contribution is 2.25. The number of carbonyl (C=O) groups excluding carboxylic acids is 2. The Morgan fingerprint density at radius 3 is 2.55 bits per heavy atom. The smallest absolute Gasteiger partial charge is 0.413 e. The van der Waals surface area contributed by atoms with Crippen LogP contribution in [0.15, 0.2) is 18.2 Å². The van der Waals surface area contributed by atoms with Crippen LogP contribution in [0.2, 0.25) is 0 Å². The molecule has 0 bridgehead atoms. The molecule has 0 saturated heterocycles. The van der Waals surface area contributed by atoms with Crippen LogP contribution < -0.4 is 10.6 Å². The summed E-state index contributed by atoms with van der Waals surface area (Å²) in [5, 5.41) is 15.4. The fourth-order valence-corrected chi connectivity index (χ4v) is 1.50. The van der Waals surface area contributed by atoms with Crippen molar-refractivity contribution in [1.29, 1.82) is 0 Å². The maximum Gasteiger partial charge on any atom is 0.413 e. The van der Waals surface area contributed by atoms with E-state index in [0.29, 0.717) is 0 Å². The summed E-state index contributed by atoms with van der Waals surface area (Å²) in [7, 11) is 1.15. The van der Waals surface area contributed by atoms with E-state index in [1.165, 1.54) is 19.1 Å². The van der Waals surface area contributed by atoms with Crippen molar-refractivity contribution in [1.82, 2.24) is 5.32 Å². The van der Waals surface area contributed by atoms with Gasteiger partial charge in [0.05, 0.1) is 12.0 Å². The molecule has 0 saturated carbocycles. The molecule has 0 spiro atoms. The highest BCUT2D eigenvalue weighted by Gasteiger charge is 2.17. The first-order chi connectivity index (χ1) is 9.35. The molecule has 0 aromatic heterocycles. The first-order valence-corrected chi connectivity index (χ1v) is 5.71. The normalized spacial score (nSPS) is 9.50. The number of nitrogens with zero attached hydrogens (tertiary/aromatic N) is 1. The monoisotopic (exact) mass is 297 g/mol. The Hall–Kier alpha value is -2.55. The van der Waals surface area contributed by atoms with Crippen molar-refractivity contribution in [2.45, 2.75) is 6.92 Å². The fourth-order valence-electron chi connectivity index (χ4n) is 1.30. The highest BCUT2D eigenvalue weighted by atomic mass is 32.1. The number of methoxy groups -OCH3 is 1. The molecule has 0 atom stereocenters. The summed E-state index contributed by atoms with van der Waals surface area (Å²) < 4.78 is 4.33. The Morgan fingerprint density at radius 2 is 2.05 bits per heavy atom. The van der Waals surface area contributed by atoms with Crippen molar-refractivity contribution in [3.05, 3.63) is 33.9 Å². The third kappa shape index (κ3) is 3.99. The number of nitro benzene ring substituents is 1. The molecular formula is C11H11N3O5S. The van der Waals surface area contributed by atoms with E-state index in [1.807, 2.05) is 0 Å². The van der Waals surface area contributed by atoms with Gasteiger partial charge in [-0.1, -0.05) is 0 Å². The molecule has 8 nitrogen and oxygen atoms in total. The summed E-state index contributed by atoms with van der Waals surface area (Å²) in [5.74, 6) is -0.296. The number of carbonyl (C=O) groups is 2. The average molecular weight is 297 g/mol. The van der Waals surface area contributed by atoms with Gasteiger partial charge in [-0.15, -0.1) is 0 Å². The van der Waals surface area contributed by atoms with E-state index in [2.05, 4.69) is 15.4 Å². The Morgan fingerprint density at radius 1 is 1.40 bits per heavy atom. The van der Waals surface area contributed by atoms with E-state index in [-0.39, 0.29) is 27.8 Å². The lowest BCUT2D eigenvalue weighted by Gasteiger charge is -2.09. The molecule has 1 rings (SSSR count). The zero-order valence-electron chi connectivity index (χ0n) is 10.6. The van der Waals surface area contributed by atoms with Crippen LogP contribution in [0.4, 0.5) is 16.2 Å². The number of alkyl carbamates (subject to hydrolysis) is 1. The van der Waals surface area contributed by atoms with Gasteiger partial charge in [0.2, 0.25) is 0 Å². The van der Waals surface area contributed by atoms with Gasteiger partial charge in [0.1, 0.15) is 5.69 Å². The van der Waals surface area contributed by atoms with E-state index >= 15 is 0 Å². The molecule has 0 aliphatic carbocycles. The number of hydrogen-bond acceptors (Lipinski definition) is 6.